The van der Waals surface area contributed by atoms with Crippen LogP contribution in [-0.2, 0) is 0 Å². The first kappa shape index (κ1) is 17.8. The van der Waals surface area contributed by atoms with Crippen LogP contribution < -0.4 is 11.1 Å². The molecule has 1 saturated carbocycles. The predicted molar refractivity (Wildman–Crippen MR) is 113 cm³/mol. The lowest BCUT2D eigenvalue weighted by Gasteiger charge is -2.24. The Labute approximate surface area is 161 Å². The third kappa shape index (κ3) is 3.25. The lowest BCUT2D eigenvalue weighted by Crippen LogP contribution is -2.23. The topological polar surface area (TPSA) is 55.3 Å². The maximum Gasteiger partial charge on any atom is 0.197 e. The van der Waals surface area contributed by atoms with Crippen LogP contribution in [-0.4, -0.2) is 15.4 Å². The Hall–Kier alpha value is -2.60. The molecule has 3 N–H and O–H groups in total. The summed E-state index contributed by atoms with van der Waals surface area (Å²) in [5, 5.41) is 3.67. The van der Waals surface area contributed by atoms with Crippen LogP contribution in [0.3, 0.4) is 0 Å². The molecule has 27 heavy (non-hydrogen) atoms. The van der Waals surface area contributed by atoms with E-state index in [1.807, 2.05) is 12.1 Å². The van der Waals surface area contributed by atoms with E-state index < -0.39 is 5.83 Å². The lowest BCUT2D eigenvalue weighted by atomic mass is 9.95. The van der Waals surface area contributed by atoms with Crippen LogP contribution in [0, 0.1) is 0 Å². The van der Waals surface area contributed by atoms with Crippen molar-refractivity contribution in [3.63, 3.8) is 0 Å². The van der Waals surface area contributed by atoms with Crippen molar-refractivity contribution >= 4 is 37.9 Å². The minimum absolute atomic E-state index is 0.353. The molecule has 2 aromatic heterocycles. The first-order chi connectivity index (χ1) is 13.2. The third-order valence-electron chi connectivity index (χ3n) is 5.04. The fourth-order valence-corrected chi connectivity index (χ4v) is 4.78. The highest BCUT2D eigenvalue weighted by Crippen LogP contribution is 2.37. The van der Waals surface area contributed by atoms with Crippen molar-refractivity contribution in [3.05, 3.63) is 60.7 Å². The molecule has 1 aromatic carbocycles. The van der Waals surface area contributed by atoms with Gasteiger partial charge >= 0.3 is 0 Å². The molecule has 0 bridgehead atoms. The van der Waals surface area contributed by atoms with Gasteiger partial charge in [0.2, 0.25) is 0 Å². The van der Waals surface area contributed by atoms with Gasteiger partial charge in [0.15, 0.2) is 4.96 Å². The van der Waals surface area contributed by atoms with E-state index in [1.54, 1.807) is 23.5 Å². The van der Waals surface area contributed by atoms with Gasteiger partial charge in [-0.1, -0.05) is 61.5 Å². The Kier molecular flexibility index (Phi) is 4.99. The van der Waals surface area contributed by atoms with E-state index >= 15 is 0 Å². The van der Waals surface area contributed by atoms with Gasteiger partial charge in [-0.25, -0.2) is 9.37 Å². The number of halogens is 1. The van der Waals surface area contributed by atoms with Gasteiger partial charge in [-0.3, -0.25) is 4.40 Å². The number of nitrogens with zero attached hydrogens (tertiary/aromatic N) is 2. The summed E-state index contributed by atoms with van der Waals surface area (Å²) in [6.45, 7) is 3.72. The number of benzene rings is 1. The molecule has 0 amide bonds. The maximum atomic E-state index is 14.5. The van der Waals surface area contributed by atoms with Crippen molar-refractivity contribution in [2.45, 2.75) is 38.1 Å². The molecule has 0 saturated heterocycles. The zero-order valence-electron chi connectivity index (χ0n) is 15.1. The molecule has 0 unspecified atom stereocenters. The van der Waals surface area contributed by atoms with Gasteiger partial charge in [0.1, 0.15) is 17.3 Å². The molecule has 0 radical (unpaired) electrons. The zero-order chi connectivity index (χ0) is 18.8. The van der Waals surface area contributed by atoms with Crippen molar-refractivity contribution < 1.29 is 4.39 Å². The van der Waals surface area contributed by atoms with Crippen LogP contribution in [0.2, 0.25) is 0 Å². The van der Waals surface area contributed by atoms with Crippen LogP contribution in [0.5, 0.6) is 0 Å². The van der Waals surface area contributed by atoms with E-state index in [9.17, 15) is 4.39 Å². The van der Waals surface area contributed by atoms with Gasteiger partial charge in [0, 0.05) is 17.8 Å². The standard InChI is InChI=1S/C21H23FN4S/c1-2-8-15(16(22)13-23)19-20(24-14-9-4-3-5-10-14)26-17-11-6-7-12-18(17)27-21(26)25-19/h2,6-8,11-14,24H,1,3-5,9-10,23H2/b15-8+,16-13+. The van der Waals surface area contributed by atoms with E-state index in [1.165, 1.54) is 19.3 Å². The molecule has 1 aliphatic carbocycles. The number of para-hydroxylation sites is 1. The van der Waals surface area contributed by atoms with Crippen molar-refractivity contribution in [1.29, 1.82) is 0 Å². The fourth-order valence-electron chi connectivity index (χ4n) is 3.76. The molecule has 3 aromatic rings. The van der Waals surface area contributed by atoms with Crippen LogP contribution in [0.4, 0.5) is 10.2 Å². The number of nitrogens with two attached hydrogens (primary N) is 1. The largest absolute Gasteiger partial charge is 0.402 e. The van der Waals surface area contributed by atoms with Gasteiger partial charge in [0.05, 0.1) is 10.2 Å². The fraction of sp³-hybridized carbons (Fsp3) is 0.286. The average molecular weight is 383 g/mol. The van der Waals surface area contributed by atoms with Crippen LogP contribution in [0.25, 0.3) is 20.8 Å². The summed E-state index contributed by atoms with van der Waals surface area (Å²) in [7, 11) is 0. The van der Waals surface area contributed by atoms with Crippen molar-refractivity contribution in [2.75, 3.05) is 5.32 Å². The van der Waals surface area contributed by atoms with E-state index in [2.05, 4.69) is 28.4 Å². The summed E-state index contributed by atoms with van der Waals surface area (Å²) >= 11 is 1.60. The molecular formula is C21H23FN4S. The highest BCUT2D eigenvalue weighted by Gasteiger charge is 2.24. The molecule has 0 aliphatic heterocycles. The monoisotopic (exact) mass is 382 g/mol. The molecular weight excluding hydrogens is 359 g/mol. The summed E-state index contributed by atoms with van der Waals surface area (Å²) in [5.74, 6) is 0.330. The molecule has 140 valence electrons. The molecule has 1 fully saturated rings. The molecule has 4 nitrogen and oxygen atoms in total. The minimum Gasteiger partial charge on any atom is -0.402 e. The van der Waals surface area contributed by atoms with Crippen molar-refractivity contribution in [3.8, 4) is 0 Å². The molecule has 4 rings (SSSR count). The van der Waals surface area contributed by atoms with Crippen molar-refractivity contribution in [2.24, 2.45) is 5.73 Å². The number of anilines is 1. The molecule has 2 heterocycles. The number of allylic oxidation sites excluding steroid dienone is 4. The predicted octanol–water partition coefficient (Wildman–Crippen LogP) is 5.63. The number of rotatable bonds is 5. The molecule has 0 spiro atoms. The zero-order valence-corrected chi connectivity index (χ0v) is 15.9. The average Bonchev–Trinajstić information content (AvgIpc) is 3.23. The van der Waals surface area contributed by atoms with Crippen molar-refractivity contribution in [1.82, 2.24) is 9.38 Å². The van der Waals surface area contributed by atoms with E-state index in [4.69, 9.17) is 10.7 Å². The van der Waals surface area contributed by atoms with E-state index in [0.29, 0.717) is 17.3 Å². The second kappa shape index (κ2) is 7.56. The summed E-state index contributed by atoms with van der Waals surface area (Å²) in [4.78, 5) is 5.61. The minimum atomic E-state index is -0.503. The van der Waals surface area contributed by atoms with Crippen LogP contribution >= 0.6 is 11.3 Å². The van der Waals surface area contributed by atoms with E-state index in [0.717, 1.165) is 40.0 Å². The van der Waals surface area contributed by atoms with Crippen LogP contribution in [0.1, 0.15) is 37.8 Å². The maximum absolute atomic E-state index is 14.5. The highest BCUT2D eigenvalue weighted by atomic mass is 32.1. The second-order valence-electron chi connectivity index (χ2n) is 6.81. The molecule has 6 heteroatoms. The Bertz CT molecular complexity index is 1040. The molecule has 1 aliphatic rings. The number of hydrogen-bond donors (Lipinski definition) is 2. The van der Waals surface area contributed by atoms with Crippen LogP contribution in [0.15, 0.2) is 55.0 Å². The Morgan fingerprint density at radius 1 is 1.30 bits per heavy atom. The summed E-state index contributed by atoms with van der Waals surface area (Å²) < 4.78 is 17.8. The smallest absolute Gasteiger partial charge is 0.197 e. The van der Waals surface area contributed by atoms with Gasteiger partial charge in [0.25, 0.3) is 0 Å². The van der Waals surface area contributed by atoms with Gasteiger partial charge in [-0.05, 0) is 25.0 Å². The number of imidazole rings is 1. The Balaban J connectivity index is 1.93. The first-order valence-corrected chi connectivity index (χ1v) is 10.1. The van der Waals surface area contributed by atoms with E-state index in [-0.39, 0.29) is 0 Å². The number of fused-ring (bicyclic) bond motifs is 3. The van der Waals surface area contributed by atoms with Gasteiger partial charge < -0.3 is 11.1 Å². The quantitative estimate of drug-likeness (QED) is 0.562. The number of hydrogen-bond acceptors (Lipinski definition) is 4. The van der Waals surface area contributed by atoms with Gasteiger partial charge in [-0.2, -0.15) is 0 Å². The first-order valence-electron chi connectivity index (χ1n) is 9.30. The number of aromatic nitrogens is 2. The summed E-state index contributed by atoms with van der Waals surface area (Å²) in [5.41, 5.74) is 7.48. The van der Waals surface area contributed by atoms with Gasteiger partial charge in [-0.15, -0.1) is 0 Å². The normalized spacial score (nSPS) is 16.9. The second-order valence-corrected chi connectivity index (χ2v) is 7.82. The lowest BCUT2D eigenvalue weighted by molar-refractivity contribution is 0.461. The molecule has 0 atom stereocenters. The summed E-state index contributed by atoms with van der Waals surface area (Å²) in [6.07, 6.45) is 10.1. The Morgan fingerprint density at radius 3 is 2.81 bits per heavy atom. The third-order valence-corrected chi connectivity index (χ3v) is 6.06. The number of nitrogens with one attached hydrogen (secondary N) is 1. The summed E-state index contributed by atoms with van der Waals surface area (Å²) in [6, 6.07) is 8.56. The highest BCUT2D eigenvalue weighted by molar-refractivity contribution is 7.23. The number of thiazole rings is 1. The SMILES string of the molecule is C=C/C=C(\C(F)=C/N)c1nc2sc3ccccc3n2c1NC1CCCCC1. The Morgan fingerprint density at radius 2 is 2.07 bits per heavy atom.